The molecule has 0 spiro atoms. The normalized spacial score (nSPS) is 22.0. The predicted octanol–water partition coefficient (Wildman–Crippen LogP) is 6.61. The van der Waals surface area contributed by atoms with Crippen molar-refractivity contribution in [1.82, 2.24) is 9.80 Å². The number of hydrogen-bond acceptors (Lipinski definition) is 12. The molecule has 0 saturated carbocycles. The lowest BCUT2D eigenvalue weighted by Crippen LogP contribution is -2.42. The van der Waals surface area contributed by atoms with Crippen LogP contribution in [-0.4, -0.2) is 77.8 Å². The lowest BCUT2D eigenvalue weighted by atomic mass is 10.1. The summed E-state index contributed by atoms with van der Waals surface area (Å²) in [6.45, 7) is 0.582. The molecule has 51 heavy (non-hydrogen) atoms. The van der Waals surface area contributed by atoms with Gasteiger partial charge >= 0.3 is 0 Å². The van der Waals surface area contributed by atoms with E-state index < -0.39 is 12.3 Å². The molecule has 2 amide bonds. The van der Waals surface area contributed by atoms with Crippen LogP contribution < -0.4 is 29.6 Å². The van der Waals surface area contributed by atoms with Gasteiger partial charge in [-0.1, -0.05) is 12.1 Å². The van der Waals surface area contributed by atoms with Crippen molar-refractivity contribution in [3.8, 4) is 23.0 Å². The second-order valence-electron chi connectivity index (χ2n) is 12.6. The molecular formula is C37H36N4O7S3. The molecule has 3 N–H and O–H groups in total. The van der Waals surface area contributed by atoms with Crippen LogP contribution in [-0.2, 0) is 0 Å². The zero-order valence-electron chi connectivity index (χ0n) is 27.8. The molecule has 4 aliphatic rings. The molecule has 0 saturated heterocycles. The van der Waals surface area contributed by atoms with Crippen molar-refractivity contribution in [3.05, 3.63) is 92.6 Å². The maximum Gasteiger partial charge on any atom is 0.260 e. The number of methoxy groups -OCH3 is 2. The van der Waals surface area contributed by atoms with Crippen molar-refractivity contribution < 1.29 is 33.6 Å². The minimum Gasteiger partial charge on any atom is -0.493 e. The van der Waals surface area contributed by atoms with Crippen LogP contribution in [0.2, 0.25) is 0 Å². The Kier molecular flexibility index (Phi) is 9.09. The third-order valence-corrected chi connectivity index (χ3v) is 11.9. The van der Waals surface area contributed by atoms with Crippen molar-refractivity contribution in [2.45, 2.75) is 42.9 Å². The summed E-state index contributed by atoms with van der Waals surface area (Å²) in [6.07, 6.45) is 4.55. The zero-order chi connectivity index (χ0) is 35.2. The Bertz CT molecular complexity index is 1890. The minimum atomic E-state index is -0.978. The number of thiol groups is 1. The SMILES string of the molecule is COc1cc2c(cc1OCCCOc1cc3c(cc1OC)C(=O)N1C=C(c4cccs4)C[C@H]1C(S)N3)NC(O)[C@@H]1CC(c3cccs3)=CN1C2=O. The number of fused-ring (bicyclic) bond motifs is 4. The molecule has 2 unspecified atom stereocenters. The van der Waals surface area contributed by atoms with Crippen molar-refractivity contribution in [1.29, 1.82) is 0 Å². The molecule has 11 nitrogen and oxygen atoms in total. The van der Waals surface area contributed by atoms with Crippen LogP contribution in [0, 0.1) is 0 Å². The summed E-state index contributed by atoms with van der Waals surface area (Å²) in [6, 6.07) is 14.3. The summed E-state index contributed by atoms with van der Waals surface area (Å²) < 4.78 is 23.5. The highest BCUT2D eigenvalue weighted by atomic mass is 32.1. The van der Waals surface area contributed by atoms with Crippen molar-refractivity contribution in [3.63, 3.8) is 0 Å². The second kappa shape index (κ2) is 13.8. The van der Waals surface area contributed by atoms with Crippen LogP contribution in [0.25, 0.3) is 11.1 Å². The lowest BCUT2D eigenvalue weighted by molar-refractivity contribution is 0.0644. The number of carbonyl (C=O) groups excluding carboxylic acids is 2. The van der Waals surface area contributed by atoms with E-state index in [4.69, 9.17) is 31.6 Å². The van der Waals surface area contributed by atoms with Crippen LogP contribution in [0.4, 0.5) is 11.4 Å². The minimum absolute atomic E-state index is 0.123. The number of nitrogens with one attached hydrogen (secondary N) is 2. The Morgan fingerprint density at radius 1 is 0.765 bits per heavy atom. The lowest BCUT2D eigenvalue weighted by Gasteiger charge is -2.25. The highest BCUT2D eigenvalue weighted by Crippen LogP contribution is 2.43. The number of nitrogens with zero attached hydrogens (tertiary/aromatic N) is 2. The molecule has 6 heterocycles. The standard InChI is InChI=1S/C37H36N4O7S3/c1-45-28-14-22-24(38-34(42)26-12-20(18-40(26)36(22)43)32-6-3-10-50-32)16-30(28)47-8-5-9-48-31-17-25-23(15-29(31)46-2)37(44)41-19-21(33-7-4-11-51-33)13-27(41)35(49)39-25/h3-4,6-7,10-11,14-19,26-27,34-35,38-39,42,49H,5,8-9,12-13H2,1-2H3/t26-,27-,34?,35?/m0/s1. The number of aliphatic hydroxyl groups is 1. The molecule has 4 aliphatic heterocycles. The first-order valence-electron chi connectivity index (χ1n) is 16.6. The number of aliphatic hydroxyl groups excluding tert-OH is 1. The fourth-order valence-corrected chi connectivity index (χ4v) is 8.83. The van der Waals surface area contributed by atoms with E-state index in [2.05, 4.69) is 16.7 Å². The molecule has 2 aromatic heterocycles. The molecule has 4 atom stereocenters. The maximum absolute atomic E-state index is 13.7. The molecule has 0 aliphatic carbocycles. The molecule has 0 radical (unpaired) electrons. The fourth-order valence-electron chi connectivity index (χ4n) is 6.95. The Morgan fingerprint density at radius 3 is 1.78 bits per heavy atom. The number of anilines is 2. The van der Waals surface area contributed by atoms with Crippen LogP contribution in [0.5, 0.6) is 23.0 Å². The van der Waals surface area contributed by atoms with Gasteiger partial charge in [0.25, 0.3) is 11.8 Å². The second-order valence-corrected chi connectivity index (χ2v) is 15.0. The Labute approximate surface area is 308 Å². The number of ether oxygens (including phenoxy) is 4. The summed E-state index contributed by atoms with van der Waals surface area (Å²) in [4.78, 5) is 33.0. The monoisotopic (exact) mass is 744 g/mol. The topological polar surface area (TPSA) is 122 Å². The highest BCUT2D eigenvalue weighted by Gasteiger charge is 2.41. The first kappa shape index (κ1) is 33.5. The summed E-state index contributed by atoms with van der Waals surface area (Å²) in [5.74, 6) is 1.43. The van der Waals surface area contributed by atoms with E-state index in [1.807, 2.05) is 41.4 Å². The van der Waals surface area contributed by atoms with Gasteiger partial charge in [0.2, 0.25) is 0 Å². The van der Waals surface area contributed by atoms with Gasteiger partial charge < -0.3 is 44.5 Å². The molecule has 264 valence electrons. The molecule has 2 aromatic carbocycles. The van der Waals surface area contributed by atoms with Gasteiger partial charge in [-0.3, -0.25) is 9.59 Å². The first-order valence-corrected chi connectivity index (χ1v) is 18.8. The van der Waals surface area contributed by atoms with Gasteiger partial charge in [0.05, 0.1) is 67.4 Å². The smallest absolute Gasteiger partial charge is 0.260 e. The largest absolute Gasteiger partial charge is 0.493 e. The molecule has 8 rings (SSSR count). The third-order valence-electron chi connectivity index (χ3n) is 9.51. The fraction of sp³-hybridized carbons (Fsp3) is 0.297. The number of benzene rings is 2. The van der Waals surface area contributed by atoms with E-state index in [9.17, 15) is 14.7 Å². The highest BCUT2D eigenvalue weighted by molar-refractivity contribution is 7.81. The summed E-state index contributed by atoms with van der Waals surface area (Å²) in [5.41, 5.74) is 4.11. The van der Waals surface area contributed by atoms with Crippen LogP contribution in [0.15, 0.2) is 71.7 Å². The number of thiophene rings is 2. The zero-order valence-corrected chi connectivity index (χ0v) is 30.4. The van der Waals surface area contributed by atoms with E-state index in [-0.39, 0.29) is 29.8 Å². The Balaban J connectivity index is 0.931. The van der Waals surface area contributed by atoms with Gasteiger partial charge in [0.1, 0.15) is 6.23 Å². The van der Waals surface area contributed by atoms with Crippen LogP contribution in [0.1, 0.15) is 49.7 Å². The van der Waals surface area contributed by atoms with Crippen molar-refractivity contribution in [2.24, 2.45) is 0 Å². The quantitative estimate of drug-likeness (QED) is 0.105. The molecular weight excluding hydrogens is 709 g/mol. The van der Waals surface area contributed by atoms with Gasteiger partial charge in [-0.2, -0.15) is 12.6 Å². The summed E-state index contributed by atoms with van der Waals surface area (Å²) in [5, 5.41) is 21.4. The molecule has 4 aromatic rings. The van der Waals surface area contributed by atoms with Gasteiger partial charge in [-0.05, 0) is 52.6 Å². The van der Waals surface area contributed by atoms with E-state index in [0.29, 0.717) is 71.4 Å². The number of carbonyl (C=O) groups is 2. The maximum atomic E-state index is 13.7. The molecule has 14 heteroatoms. The molecule has 0 fully saturated rings. The summed E-state index contributed by atoms with van der Waals surface area (Å²) >= 11 is 8.11. The van der Waals surface area contributed by atoms with Gasteiger partial charge in [0, 0.05) is 47.1 Å². The van der Waals surface area contributed by atoms with Crippen LogP contribution >= 0.6 is 35.3 Å². The first-order chi connectivity index (χ1) is 24.8. The average Bonchev–Trinajstić information content (AvgIpc) is 3.96. The van der Waals surface area contributed by atoms with Gasteiger partial charge in [-0.25, -0.2) is 0 Å². The third kappa shape index (κ3) is 6.19. The Morgan fingerprint density at radius 2 is 1.27 bits per heavy atom. The van der Waals surface area contributed by atoms with Crippen molar-refractivity contribution in [2.75, 3.05) is 38.1 Å². The Hall–Kier alpha value is -4.63. The van der Waals surface area contributed by atoms with E-state index in [1.54, 1.807) is 63.8 Å². The predicted molar refractivity (Wildman–Crippen MR) is 201 cm³/mol. The van der Waals surface area contributed by atoms with Crippen molar-refractivity contribution >= 4 is 69.6 Å². The van der Waals surface area contributed by atoms with E-state index in [0.717, 1.165) is 20.9 Å². The van der Waals surface area contributed by atoms with E-state index in [1.165, 1.54) is 7.11 Å². The van der Waals surface area contributed by atoms with Gasteiger partial charge in [0.15, 0.2) is 23.0 Å². The number of hydrogen-bond donors (Lipinski definition) is 4. The average molecular weight is 745 g/mol. The molecule has 0 bridgehead atoms. The number of amides is 2. The number of rotatable bonds is 10. The van der Waals surface area contributed by atoms with Crippen LogP contribution in [0.3, 0.4) is 0 Å². The van der Waals surface area contributed by atoms with E-state index >= 15 is 0 Å². The van der Waals surface area contributed by atoms with Gasteiger partial charge in [-0.15, -0.1) is 22.7 Å². The summed E-state index contributed by atoms with van der Waals surface area (Å²) in [7, 11) is 3.07.